The molecule has 0 fully saturated rings. The molecular formula is C12H15N3S. The maximum Gasteiger partial charge on any atom is 0.114 e. The van der Waals surface area contributed by atoms with E-state index in [9.17, 15) is 0 Å². The first kappa shape index (κ1) is 11.2. The van der Waals surface area contributed by atoms with E-state index in [-0.39, 0.29) is 6.04 Å². The van der Waals surface area contributed by atoms with Crippen LogP contribution in [-0.2, 0) is 0 Å². The highest BCUT2D eigenvalue weighted by Crippen LogP contribution is 2.25. The van der Waals surface area contributed by atoms with E-state index in [1.54, 1.807) is 11.3 Å². The second-order valence-corrected chi connectivity index (χ2v) is 4.52. The Morgan fingerprint density at radius 3 is 2.94 bits per heavy atom. The second kappa shape index (κ2) is 5.18. The number of rotatable bonds is 4. The first-order chi connectivity index (χ1) is 7.83. The zero-order valence-corrected chi connectivity index (χ0v) is 10.3. The van der Waals surface area contributed by atoms with Crippen molar-refractivity contribution in [3.63, 3.8) is 0 Å². The number of nitrogens with one attached hydrogen (secondary N) is 1. The Bertz CT molecular complexity index is 439. The largest absolute Gasteiger partial charge is 0.304 e. The minimum absolute atomic E-state index is 0.165. The van der Waals surface area contributed by atoms with E-state index < -0.39 is 0 Å². The maximum absolute atomic E-state index is 4.38. The molecule has 0 spiro atoms. The molecule has 0 radical (unpaired) electrons. The number of aromatic nitrogens is 2. The smallest absolute Gasteiger partial charge is 0.114 e. The normalized spacial score (nSPS) is 12.6. The van der Waals surface area contributed by atoms with Crippen LogP contribution in [0.1, 0.15) is 29.1 Å². The summed E-state index contributed by atoms with van der Waals surface area (Å²) in [7, 11) is 0. The van der Waals surface area contributed by atoms with Gasteiger partial charge >= 0.3 is 0 Å². The first-order valence-electron chi connectivity index (χ1n) is 5.36. The van der Waals surface area contributed by atoms with Gasteiger partial charge in [0.05, 0.1) is 6.04 Å². The molecule has 0 aromatic carbocycles. The van der Waals surface area contributed by atoms with Gasteiger partial charge in [0.1, 0.15) is 5.01 Å². The Hall–Kier alpha value is -1.26. The van der Waals surface area contributed by atoms with Crippen molar-refractivity contribution in [2.45, 2.75) is 19.9 Å². The van der Waals surface area contributed by atoms with Crippen LogP contribution in [0.2, 0.25) is 0 Å². The molecule has 16 heavy (non-hydrogen) atoms. The first-order valence-corrected chi connectivity index (χ1v) is 6.24. The van der Waals surface area contributed by atoms with Crippen LogP contribution in [0.15, 0.2) is 30.0 Å². The lowest BCUT2D eigenvalue weighted by Crippen LogP contribution is -2.22. The Morgan fingerprint density at radius 1 is 1.44 bits per heavy atom. The Balaban J connectivity index is 2.37. The Morgan fingerprint density at radius 2 is 2.31 bits per heavy atom. The number of aryl methyl sites for hydroxylation is 1. The van der Waals surface area contributed by atoms with Crippen LogP contribution in [0.3, 0.4) is 0 Å². The lowest BCUT2D eigenvalue weighted by atomic mass is 10.0. The zero-order valence-electron chi connectivity index (χ0n) is 9.47. The number of hydrogen-bond donors (Lipinski definition) is 1. The van der Waals surface area contributed by atoms with E-state index in [1.807, 2.05) is 30.0 Å². The van der Waals surface area contributed by atoms with Gasteiger partial charge in [-0.15, -0.1) is 11.3 Å². The summed E-state index contributed by atoms with van der Waals surface area (Å²) < 4.78 is 0. The third kappa shape index (κ3) is 2.28. The molecule has 2 aromatic heterocycles. The van der Waals surface area contributed by atoms with Gasteiger partial charge in [0.25, 0.3) is 0 Å². The van der Waals surface area contributed by atoms with Crippen LogP contribution in [0.5, 0.6) is 0 Å². The second-order valence-electron chi connectivity index (χ2n) is 3.59. The van der Waals surface area contributed by atoms with Gasteiger partial charge in [-0.1, -0.05) is 6.92 Å². The number of hydrogen-bond acceptors (Lipinski definition) is 4. The van der Waals surface area contributed by atoms with Gasteiger partial charge in [-0.05, 0) is 30.7 Å². The van der Waals surface area contributed by atoms with Gasteiger partial charge in [0, 0.05) is 24.0 Å². The third-order valence-corrected chi connectivity index (χ3v) is 3.34. The molecule has 2 rings (SSSR count). The molecule has 3 nitrogen and oxygen atoms in total. The SMILES string of the molecule is CCNC(c1nccs1)c1cnccc1C. The molecule has 0 aliphatic carbocycles. The van der Waals surface area contributed by atoms with Crippen molar-refractivity contribution < 1.29 is 0 Å². The predicted octanol–water partition coefficient (Wildman–Crippen LogP) is 2.55. The zero-order chi connectivity index (χ0) is 11.4. The molecule has 1 N–H and O–H groups in total. The Kier molecular flexibility index (Phi) is 3.64. The molecular weight excluding hydrogens is 218 g/mol. The minimum Gasteiger partial charge on any atom is -0.304 e. The lowest BCUT2D eigenvalue weighted by Gasteiger charge is -2.17. The molecule has 2 aromatic rings. The molecule has 0 amide bonds. The van der Waals surface area contributed by atoms with Crippen LogP contribution >= 0.6 is 11.3 Å². The molecule has 2 heterocycles. The molecule has 84 valence electrons. The van der Waals surface area contributed by atoms with Crippen LogP contribution < -0.4 is 5.32 Å². The summed E-state index contributed by atoms with van der Waals surface area (Å²) in [5.74, 6) is 0. The molecule has 0 bridgehead atoms. The summed E-state index contributed by atoms with van der Waals surface area (Å²) in [5.41, 5.74) is 2.45. The van der Waals surface area contributed by atoms with E-state index in [2.05, 4.69) is 29.1 Å². The van der Waals surface area contributed by atoms with E-state index in [0.29, 0.717) is 0 Å². The molecule has 1 unspecified atom stereocenters. The van der Waals surface area contributed by atoms with Gasteiger partial charge in [0.15, 0.2) is 0 Å². The van der Waals surface area contributed by atoms with Gasteiger partial charge in [-0.2, -0.15) is 0 Å². The quantitative estimate of drug-likeness (QED) is 0.882. The van der Waals surface area contributed by atoms with Crippen LogP contribution in [0.25, 0.3) is 0 Å². The fourth-order valence-electron chi connectivity index (χ4n) is 1.69. The van der Waals surface area contributed by atoms with Crippen molar-refractivity contribution in [2.75, 3.05) is 6.54 Å². The minimum atomic E-state index is 0.165. The van der Waals surface area contributed by atoms with Gasteiger partial charge < -0.3 is 5.32 Å². The van der Waals surface area contributed by atoms with Crippen molar-refractivity contribution in [3.05, 3.63) is 46.2 Å². The lowest BCUT2D eigenvalue weighted by molar-refractivity contribution is 0.622. The highest BCUT2D eigenvalue weighted by Gasteiger charge is 2.17. The average molecular weight is 233 g/mol. The molecule has 0 aliphatic heterocycles. The molecule has 0 saturated carbocycles. The van der Waals surface area contributed by atoms with E-state index in [4.69, 9.17) is 0 Å². The molecule has 4 heteroatoms. The summed E-state index contributed by atoms with van der Waals surface area (Å²) in [4.78, 5) is 8.58. The maximum atomic E-state index is 4.38. The fourth-order valence-corrected chi connectivity index (χ4v) is 2.42. The van der Waals surface area contributed by atoms with Crippen molar-refractivity contribution >= 4 is 11.3 Å². The van der Waals surface area contributed by atoms with Crippen LogP contribution in [-0.4, -0.2) is 16.5 Å². The summed E-state index contributed by atoms with van der Waals surface area (Å²) in [6, 6.07) is 2.20. The third-order valence-electron chi connectivity index (χ3n) is 2.50. The standard InChI is InChI=1S/C12H15N3S/c1-3-14-11(12-15-6-7-16-12)10-8-13-5-4-9(10)2/h4-8,11,14H,3H2,1-2H3. The van der Waals surface area contributed by atoms with Crippen molar-refractivity contribution in [2.24, 2.45) is 0 Å². The topological polar surface area (TPSA) is 37.8 Å². The van der Waals surface area contributed by atoms with E-state index >= 15 is 0 Å². The van der Waals surface area contributed by atoms with Gasteiger partial charge in [-0.3, -0.25) is 4.98 Å². The van der Waals surface area contributed by atoms with Gasteiger partial charge in [0.2, 0.25) is 0 Å². The Labute approximate surface area is 99.6 Å². The monoisotopic (exact) mass is 233 g/mol. The van der Waals surface area contributed by atoms with Crippen LogP contribution in [0.4, 0.5) is 0 Å². The van der Waals surface area contributed by atoms with Crippen molar-refractivity contribution in [1.29, 1.82) is 0 Å². The highest BCUT2D eigenvalue weighted by atomic mass is 32.1. The summed E-state index contributed by atoms with van der Waals surface area (Å²) in [6.07, 6.45) is 5.59. The molecule has 1 atom stereocenters. The van der Waals surface area contributed by atoms with Crippen LogP contribution in [0, 0.1) is 6.92 Å². The summed E-state index contributed by atoms with van der Waals surface area (Å²) in [6.45, 7) is 5.12. The van der Waals surface area contributed by atoms with Crippen molar-refractivity contribution in [3.8, 4) is 0 Å². The average Bonchev–Trinajstić information content (AvgIpc) is 2.80. The number of nitrogens with zero attached hydrogens (tertiary/aromatic N) is 2. The van der Waals surface area contributed by atoms with Gasteiger partial charge in [-0.25, -0.2) is 4.98 Å². The number of thiazole rings is 1. The molecule has 0 saturated heterocycles. The van der Waals surface area contributed by atoms with E-state index in [0.717, 1.165) is 11.6 Å². The highest BCUT2D eigenvalue weighted by molar-refractivity contribution is 7.09. The predicted molar refractivity (Wildman–Crippen MR) is 66.6 cm³/mol. The number of pyridine rings is 1. The summed E-state index contributed by atoms with van der Waals surface area (Å²) >= 11 is 1.67. The summed E-state index contributed by atoms with van der Waals surface area (Å²) in [5, 5.41) is 6.55. The fraction of sp³-hybridized carbons (Fsp3) is 0.333. The van der Waals surface area contributed by atoms with E-state index in [1.165, 1.54) is 11.1 Å². The molecule has 0 aliphatic rings. The van der Waals surface area contributed by atoms with Crippen molar-refractivity contribution in [1.82, 2.24) is 15.3 Å².